The van der Waals surface area contributed by atoms with Gasteiger partial charge < -0.3 is 0 Å². The molecule has 4 aliphatic rings. The standard InChI is InChI=1S/C23H30O2/c1-5-6-15-12-20(25)22(3)10-9-19-18(21(15)22)8-7-16-13-17(24)11-14(2)23(16,19)4/h5,11,13,15,18-19,21H,1,6-10,12H2,2-4H3/t15-,18+,19-,21-,22+,23-/m0/s1. The Labute approximate surface area is 151 Å². The SMILES string of the molecule is C=CC[C@H]1CC(=O)[C@@]2(C)CC[C@H]3[C@@H](CCC4=CC(=O)C=C(C)[C@@]43C)[C@H]12. The average Bonchev–Trinajstić information content (AvgIpc) is 2.80. The second kappa shape index (κ2) is 5.53. The van der Waals surface area contributed by atoms with Crippen molar-refractivity contribution in [1.82, 2.24) is 0 Å². The molecule has 3 saturated carbocycles. The van der Waals surface area contributed by atoms with E-state index in [9.17, 15) is 9.59 Å². The highest BCUT2D eigenvalue weighted by Gasteiger charge is 2.61. The van der Waals surface area contributed by atoms with Gasteiger partial charge in [0.15, 0.2) is 5.78 Å². The van der Waals surface area contributed by atoms with Gasteiger partial charge in [-0.3, -0.25) is 9.59 Å². The van der Waals surface area contributed by atoms with Gasteiger partial charge in [0.1, 0.15) is 5.78 Å². The monoisotopic (exact) mass is 338 g/mol. The fourth-order valence-corrected chi connectivity index (χ4v) is 7.06. The van der Waals surface area contributed by atoms with Gasteiger partial charge in [0.05, 0.1) is 0 Å². The lowest BCUT2D eigenvalue weighted by Crippen LogP contribution is -2.51. The largest absolute Gasteiger partial charge is 0.299 e. The minimum Gasteiger partial charge on any atom is -0.299 e. The van der Waals surface area contributed by atoms with Gasteiger partial charge in [-0.15, -0.1) is 6.58 Å². The molecule has 0 aromatic rings. The lowest BCUT2D eigenvalue weighted by molar-refractivity contribution is -0.132. The third-order valence-electron chi connectivity index (χ3n) is 8.40. The number of allylic oxidation sites excluding steroid dienone is 5. The Bertz CT molecular complexity index is 712. The summed E-state index contributed by atoms with van der Waals surface area (Å²) in [6.45, 7) is 10.7. The van der Waals surface area contributed by atoms with E-state index in [4.69, 9.17) is 0 Å². The van der Waals surface area contributed by atoms with Gasteiger partial charge in [-0.1, -0.05) is 31.1 Å². The number of carbonyl (C=O) groups is 2. The summed E-state index contributed by atoms with van der Waals surface area (Å²) < 4.78 is 0. The maximum Gasteiger partial charge on any atom is 0.178 e. The molecule has 0 heterocycles. The van der Waals surface area contributed by atoms with Gasteiger partial charge in [-0.2, -0.15) is 0 Å². The van der Waals surface area contributed by atoms with Gasteiger partial charge in [-0.25, -0.2) is 0 Å². The second-order valence-electron chi connectivity index (χ2n) is 9.30. The summed E-state index contributed by atoms with van der Waals surface area (Å²) >= 11 is 0. The molecule has 4 rings (SSSR count). The van der Waals surface area contributed by atoms with Crippen LogP contribution in [0.2, 0.25) is 0 Å². The molecule has 134 valence electrons. The zero-order valence-corrected chi connectivity index (χ0v) is 15.8. The summed E-state index contributed by atoms with van der Waals surface area (Å²) in [5.41, 5.74) is 2.46. The first-order valence-electron chi connectivity index (χ1n) is 9.90. The zero-order valence-electron chi connectivity index (χ0n) is 15.8. The number of Topliss-reactive ketones (excluding diaryl/α,β-unsaturated/α-hetero) is 1. The van der Waals surface area contributed by atoms with E-state index in [2.05, 4.69) is 27.4 Å². The molecule has 0 saturated heterocycles. The van der Waals surface area contributed by atoms with Crippen LogP contribution in [-0.2, 0) is 9.59 Å². The molecule has 0 bridgehead atoms. The molecule has 0 radical (unpaired) electrons. The Hall–Kier alpha value is -1.44. The van der Waals surface area contributed by atoms with Crippen molar-refractivity contribution in [1.29, 1.82) is 0 Å². The van der Waals surface area contributed by atoms with Crippen molar-refractivity contribution in [3.8, 4) is 0 Å². The highest BCUT2D eigenvalue weighted by atomic mass is 16.1. The Morgan fingerprint density at radius 1 is 1.24 bits per heavy atom. The average molecular weight is 338 g/mol. The van der Waals surface area contributed by atoms with Crippen LogP contribution in [0.1, 0.15) is 59.3 Å². The molecule has 0 amide bonds. The summed E-state index contributed by atoms with van der Waals surface area (Å²) in [6, 6.07) is 0. The van der Waals surface area contributed by atoms with Crippen LogP contribution in [0.5, 0.6) is 0 Å². The number of rotatable bonds is 2. The maximum absolute atomic E-state index is 12.9. The normalized spacial score (nSPS) is 45.9. The van der Waals surface area contributed by atoms with Gasteiger partial charge in [0, 0.05) is 17.3 Å². The number of hydrogen-bond donors (Lipinski definition) is 0. The van der Waals surface area contributed by atoms with Crippen LogP contribution >= 0.6 is 0 Å². The zero-order chi connectivity index (χ0) is 18.0. The third-order valence-corrected chi connectivity index (χ3v) is 8.40. The smallest absolute Gasteiger partial charge is 0.178 e. The Morgan fingerprint density at radius 2 is 2.00 bits per heavy atom. The van der Waals surface area contributed by atoms with Crippen LogP contribution in [0.25, 0.3) is 0 Å². The summed E-state index contributed by atoms with van der Waals surface area (Å²) in [5.74, 6) is 2.75. The molecule has 6 atom stereocenters. The first-order valence-corrected chi connectivity index (χ1v) is 9.90. The molecule has 0 N–H and O–H groups in total. The van der Waals surface area contributed by atoms with Crippen molar-refractivity contribution in [3.05, 3.63) is 36.0 Å². The quantitative estimate of drug-likeness (QED) is 0.660. The van der Waals surface area contributed by atoms with Crippen molar-refractivity contribution in [3.63, 3.8) is 0 Å². The minimum absolute atomic E-state index is 0.0164. The van der Waals surface area contributed by atoms with Crippen LogP contribution in [-0.4, -0.2) is 11.6 Å². The Kier molecular flexibility index (Phi) is 3.76. The first-order chi connectivity index (χ1) is 11.8. The molecule has 0 spiro atoms. The van der Waals surface area contributed by atoms with Crippen LogP contribution in [0.15, 0.2) is 36.0 Å². The summed E-state index contributed by atoms with van der Waals surface area (Å²) in [5, 5.41) is 0. The molecule has 0 unspecified atom stereocenters. The van der Waals surface area contributed by atoms with Crippen LogP contribution in [0, 0.1) is 34.5 Å². The van der Waals surface area contributed by atoms with E-state index in [0.29, 0.717) is 29.5 Å². The molecule has 25 heavy (non-hydrogen) atoms. The van der Waals surface area contributed by atoms with E-state index in [1.165, 1.54) is 11.1 Å². The fourth-order valence-electron chi connectivity index (χ4n) is 7.06. The van der Waals surface area contributed by atoms with Crippen molar-refractivity contribution in [2.24, 2.45) is 34.5 Å². The molecular formula is C23H30O2. The second-order valence-corrected chi connectivity index (χ2v) is 9.30. The Morgan fingerprint density at radius 3 is 2.72 bits per heavy atom. The molecule has 3 fully saturated rings. The van der Waals surface area contributed by atoms with Gasteiger partial charge in [0.25, 0.3) is 0 Å². The topological polar surface area (TPSA) is 34.1 Å². The molecule has 2 heteroatoms. The van der Waals surface area contributed by atoms with Gasteiger partial charge >= 0.3 is 0 Å². The summed E-state index contributed by atoms with van der Waals surface area (Å²) in [6.07, 6.45) is 11.7. The van der Waals surface area contributed by atoms with Gasteiger partial charge in [0.2, 0.25) is 0 Å². The van der Waals surface area contributed by atoms with E-state index in [1.54, 1.807) is 0 Å². The fraction of sp³-hybridized carbons (Fsp3) is 0.652. The molecule has 4 aliphatic carbocycles. The van der Waals surface area contributed by atoms with E-state index < -0.39 is 0 Å². The number of hydrogen-bond acceptors (Lipinski definition) is 2. The molecule has 0 aromatic carbocycles. The molecule has 2 nitrogen and oxygen atoms in total. The van der Waals surface area contributed by atoms with E-state index in [-0.39, 0.29) is 16.6 Å². The molecule has 0 aromatic heterocycles. The Balaban J connectivity index is 1.76. The maximum atomic E-state index is 12.9. The van der Waals surface area contributed by atoms with Crippen LogP contribution < -0.4 is 0 Å². The number of carbonyl (C=O) groups excluding carboxylic acids is 2. The van der Waals surface area contributed by atoms with Gasteiger partial charge in [-0.05, 0) is 74.9 Å². The minimum atomic E-state index is -0.130. The van der Waals surface area contributed by atoms with E-state index in [1.807, 2.05) is 18.2 Å². The van der Waals surface area contributed by atoms with Crippen molar-refractivity contribution >= 4 is 11.6 Å². The first kappa shape index (κ1) is 17.0. The van der Waals surface area contributed by atoms with Crippen molar-refractivity contribution in [2.45, 2.75) is 59.3 Å². The van der Waals surface area contributed by atoms with Crippen LogP contribution in [0.3, 0.4) is 0 Å². The highest BCUT2D eigenvalue weighted by Crippen LogP contribution is 2.66. The lowest BCUT2D eigenvalue weighted by atomic mass is 9.46. The van der Waals surface area contributed by atoms with E-state index >= 15 is 0 Å². The molecule has 0 aliphatic heterocycles. The van der Waals surface area contributed by atoms with Crippen molar-refractivity contribution < 1.29 is 9.59 Å². The summed E-state index contributed by atoms with van der Waals surface area (Å²) in [4.78, 5) is 24.9. The highest BCUT2D eigenvalue weighted by molar-refractivity contribution is 6.02. The molecular weight excluding hydrogens is 308 g/mol. The number of fused-ring (bicyclic) bond motifs is 5. The number of ketones is 2. The van der Waals surface area contributed by atoms with Crippen molar-refractivity contribution in [2.75, 3.05) is 0 Å². The predicted molar refractivity (Wildman–Crippen MR) is 99.9 cm³/mol. The third kappa shape index (κ3) is 2.15. The predicted octanol–water partition coefficient (Wildman–Crippen LogP) is 5.06. The van der Waals surface area contributed by atoms with Crippen LogP contribution in [0.4, 0.5) is 0 Å². The van der Waals surface area contributed by atoms with E-state index in [0.717, 1.165) is 38.5 Å². The lowest BCUT2D eigenvalue weighted by Gasteiger charge is -2.57. The summed E-state index contributed by atoms with van der Waals surface area (Å²) in [7, 11) is 0.